The van der Waals surface area contributed by atoms with E-state index in [9.17, 15) is 9.59 Å². The minimum Gasteiger partial charge on any atom is -0.325 e. The Morgan fingerprint density at radius 2 is 2.07 bits per heavy atom. The number of hydrogen-bond acceptors (Lipinski definition) is 5. The molecule has 1 unspecified atom stereocenters. The molecule has 0 aliphatic rings. The second-order valence-corrected chi connectivity index (χ2v) is 9.41. The van der Waals surface area contributed by atoms with Gasteiger partial charge < -0.3 is 10.3 Å². The number of anilines is 1. The molecule has 2 N–H and O–H groups in total. The van der Waals surface area contributed by atoms with Crippen LogP contribution in [0.2, 0.25) is 0 Å². The van der Waals surface area contributed by atoms with Gasteiger partial charge in [-0.25, -0.2) is 4.98 Å². The van der Waals surface area contributed by atoms with E-state index in [0.29, 0.717) is 17.0 Å². The van der Waals surface area contributed by atoms with Crippen molar-refractivity contribution in [1.82, 2.24) is 9.97 Å². The van der Waals surface area contributed by atoms with E-state index in [1.165, 1.54) is 23.1 Å². The van der Waals surface area contributed by atoms with Crippen molar-refractivity contribution in [2.45, 2.75) is 52.0 Å². The van der Waals surface area contributed by atoms with Crippen LogP contribution in [0.5, 0.6) is 0 Å². The number of aromatic amines is 1. The first-order valence-electron chi connectivity index (χ1n) is 9.31. The highest BCUT2D eigenvalue weighted by Crippen LogP contribution is 2.27. The Bertz CT molecular complexity index is 1090. The highest BCUT2D eigenvalue weighted by Gasteiger charge is 2.18. The topological polar surface area (TPSA) is 74.8 Å². The van der Waals surface area contributed by atoms with E-state index in [2.05, 4.69) is 22.2 Å². The van der Waals surface area contributed by atoms with Gasteiger partial charge in [-0.15, -0.1) is 23.1 Å². The number of carbonyl (C=O) groups is 1. The summed E-state index contributed by atoms with van der Waals surface area (Å²) in [6.07, 6.45) is 0.865. The molecule has 2 heterocycles. The van der Waals surface area contributed by atoms with Crippen molar-refractivity contribution < 1.29 is 4.79 Å². The van der Waals surface area contributed by atoms with Crippen molar-refractivity contribution in [2.75, 3.05) is 5.32 Å². The molecule has 28 heavy (non-hydrogen) atoms. The van der Waals surface area contributed by atoms with Gasteiger partial charge in [-0.3, -0.25) is 9.59 Å². The average molecular weight is 416 g/mol. The first-order valence-corrected chi connectivity index (χ1v) is 11.2. The summed E-state index contributed by atoms with van der Waals surface area (Å²) in [5.74, 6) is 1.04. The number of fused-ring (bicyclic) bond motifs is 1. The fourth-order valence-electron chi connectivity index (χ4n) is 3.07. The van der Waals surface area contributed by atoms with Crippen LogP contribution in [0.1, 0.15) is 41.2 Å². The molecule has 0 spiro atoms. The standard InChI is InChI=1S/C21H25N3O2S2/c1-6-15-9-7-8-11(2)18(15)24-19(25)14(5)27-10-16-22-20(26)17-12(3)13(4)28-21(17)23-16/h7-9,14H,6,10H2,1-5H3,(H,24,25)(H,22,23,26). The number of thioether (sulfide) groups is 1. The summed E-state index contributed by atoms with van der Waals surface area (Å²) >= 11 is 3.00. The normalized spacial score (nSPS) is 12.3. The summed E-state index contributed by atoms with van der Waals surface area (Å²) in [6.45, 7) is 9.90. The third-order valence-electron chi connectivity index (χ3n) is 4.92. The molecule has 3 rings (SSSR count). The molecule has 1 atom stereocenters. The Morgan fingerprint density at radius 3 is 2.79 bits per heavy atom. The summed E-state index contributed by atoms with van der Waals surface area (Å²) in [4.78, 5) is 34.4. The molecule has 1 aromatic carbocycles. The Balaban J connectivity index is 1.70. The number of nitrogens with one attached hydrogen (secondary N) is 2. The van der Waals surface area contributed by atoms with Gasteiger partial charge >= 0.3 is 0 Å². The van der Waals surface area contributed by atoms with Crippen LogP contribution in [0.3, 0.4) is 0 Å². The molecule has 3 aromatic rings. The molecule has 0 aliphatic heterocycles. The lowest BCUT2D eigenvalue weighted by atomic mass is 10.1. The molecule has 148 valence electrons. The number of carbonyl (C=O) groups excluding carboxylic acids is 1. The van der Waals surface area contributed by atoms with Gasteiger partial charge in [0.05, 0.1) is 16.4 Å². The summed E-state index contributed by atoms with van der Waals surface area (Å²) in [7, 11) is 0. The number of amides is 1. The maximum absolute atomic E-state index is 12.7. The zero-order valence-electron chi connectivity index (χ0n) is 16.8. The average Bonchev–Trinajstić information content (AvgIpc) is 2.95. The smallest absolute Gasteiger partial charge is 0.259 e. The highest BCUT2D eigenvalue weighted by molar-refractivity contribution is 7.99. The van der Waals surface area contributed by atoms with Crippen LogP contribution in [0.4, 0.5) is 5.69 Å². The molecular weight excluding hydrogens is 390 g/mol. The fraction of sp³-hybridized carbons (Fsp3) is 0.381. The fourth-order valence-corrected chi connectivity index (χ4v) is 4.88. The Morgan fingerprint density at radius 1 is 1.32 bits per heavy atom. The third kappa shape index (κ3) is 4.15. The predicted octanol–water partition coefficient (Wildman–Crippen LogP) is 4.73. The maximum Gasteiger partial charge on any atom is 0.259 e. The van der Waals surface area contributed by atoms with E-state index < -0.39 is 0 Å². The lowest BCUT2D eigenvalue weighted by Crippen LogP contribution is -2.24. The zero-order chi connectivity index (χ0) is 20.4. The number of thiophene rings is 1. The Labute approximate surface area is 173 Å². The lowest BCUT2D eigenvalue weighted by molar-refractivity contribution is -0.115. The van der Waals surface area contributed by atoms with Gasteiger partial charge in [-0.1, -0.05) is 25.1 Å². The SMILES string of the molecule is CCc1cccc(C)c1NC(=O)C(C)SCc1nc2sc(C)c(C)c2c(=O)[nH]1. The van der Waals surface area contributed by atoms with E-state index in [4.69, 9.17) is 0 Å². The van der Waals surface area contributed by atoms with Crippen molar-refractivity contribution in [3.63, 3.8) is 0 Å². The number of H-pyrrole nitrogens is 1. The van der Waals surface area contributed by atoms with Crippen LogP contribution in [0.15, 0.2) is 23.0 Å². The van der Waals surface area contributed by atoms with Crippen LogP contribution in [-0.4, -0.2) is 21.1 Å². The largest absolute Gasteiger partial charge is 0.325 e. The molecule has 7 heteroatoms. The van der Waals surface area contributed by atoms with Gasteiger partial charge in [0, 0.05) is 10.6 Å². The maximum atomic E-state index is 12.7. The molecule has 0 saturated heterocycles. The zero-order valence-corrected chi connectivity index (χ0v) is 18.4. The second-order valence-electron chi connectivity index (χ2n) is 6.88. The molecule has 5 nitrogen and oxygen atoms in total. The molecule has 0 bridgehead atoms. The molecule has 0 saturated carbocycles. The van der Waals surface area contributed by atoms with Gasteiger partial charge in [0.15, 0.2) is 0 Å². The second kappa shape index (κ2) is 8.49. The van der Waals surface area contributed by atoms with E-state index in [0.717, 1.165) is 38.5 Å². The molecule has 0 aliphatic carbocycles. The number of aromatic nitrogens is 2. The number of para-hydroxylation sites is 1. The van der Waals surface area contributed by atoms with Crippen molar-refractivity contribution >= 4 is 44.9 Å². The van der Waals surface area contributed by atoms with E-state index in [-0.39, 0.29) is 16.7 Å². The van der Waals surface area contributed by atoms with Gasteiger partial charge in [0.2, 0.25) is 5.91 Å². The molecular formula is C21H25N3O2S2. The van der Waals surface area contributed by atoms with Crippen molar-refractivity contribution in [1.29, 1.82) is 0 Å². The van der Waals surface area contributed by atoms with Crippen LogP contribution in [0.25, 0.3) is 10.2 Å². The number of hydrogen-bond donors (Lipinski definition) is 2. The number of rotatable bonds is 6. The minimum atomic E-state index is -0.267. The first kappa shape index (κ1) is 20.6. The quantitative estimate of drug-likeness (QED) is 0.610. The van der Waals surface area contributed by atoms with E-state index in [1.54, 1.807) is 0 Å². The van der Waals surface area contributed by atoms with Crippen molar-refractivity contribution in [2.24, 2.45) is 0 Å². The van der Waals surface area contributed by atoms with E-state index in [1.807, 2.05) is 45.9 Å². The van der Waals surface area contributed by atoms with Crippen LogP contribution >= 0.6 is 23.1 Å². The molecule has 2 aromatic heterocycles. The Kier molecular flexibility index (Phi) is 6.25. The van der Waals surface area contributed by atoms with Gasteiger partial charge in [-0.2, -0.15) is 0 Å². The monoisotopic (exact) mass is 415 g/mol. The molecule has 1 amide bonds. The summed E-state index contributed by atoms with van der Waals surface area (Å²) in [5.41, 5.74) is 3.98. The summed E-state index contributed by atoms with van der Waals surface area (Å²) < 4.78 is 0. The molecule has 0 radical (unpaired) electrons. The lowest BCUT2D eigenvalue weighted by Gasteiger charge is -2.16. The van der Waals surface area contributed by atoms with Crippen LogP contribution in [-0.2, 0) is 17.0 Å². The Hall–Kier alpha value is -2.12. The minimum absolute atomic E-state index is 0.0414. The third-order valence-corrected chi connectivity index (χ3v) is 7.17. The summed E-state index contributed by atoms with van der Waals surface area (Å²) in [5, 5.41) is 3.48. The first-order chi connectivity index (χ1) is 13.3. The number of aryl methyl sites for hydroxylation is 4. The van der Waals surface area contributed by atoms with Gasteiger partial charge in [0.25, 0.3) is 5.56 Å². The van der Waals surface area contributed by atoms with Gasteiger partial charge in [0.1, 0.15) is 10.7 Å². The number of benzene rings is 1. The van der Waals surface area contributed by atoms with Crippen molar-refractivity contribution in [3.05, 3.63) is 55.9 Å². The van der Waals surface area contributed by atoms with Crippen molar-refractivity contribution in [3.8, 4) is 0 Å². The summed E-state index contributed by atoms with van der Waals surface area (Å²) in [6, 6.07) is 6.05. The van der Waals surface area contributed by atoms with E-state index >= 15 is 0 Å². The predicted molar refractivity (Wildman–Crippen MR) is 120 cm³/mol. The highest BCUT2D eigenvalue weighted by atomic mass is 32.2. The molecule has 0 fully saturated rings. The number of nitrogens with zero attached hydrogens (tertiary/aromatic N) is 1. The van der Waals surface area contributed by atoms with Gasteiger partial charge in [-0.05, 0) is 50.8 Å². The van der Waals surface area contributed by atoms with Crippen LogP contribution in [0, 0.1) is 20.8 Å². The van der Waals surface area contributed by atoms with Crippen LogP contribution < -0.4 is 10.9 Å².